The van der Waals surface area contributed by atoms with Gasteiger partial charge in [0.15, 0.2) is 0 Å². The van der Waals surface area contributed by atoms with Gasteiger partial charge >= 0.3 is 0 Å². The maximum Gasteiger partial charge on any atom is 0.255 e. The molecular formula is C27H34N4O3. The van der Waals surface area contributed by atoms with Gasteiger partial charge in [-0.3, -0.25) is 9.69 Å². The third-order valence-electron chi connectivity index (χ3n) is 8.82. The number of benzene rings is 1. The smallest absolute Gasteiger partial charge is 0.255 e. The lowest BCUT2D eigenvalue weighted by Crippen LogP contribution is -2.58. The molecule has 5 fully saturated rings. The molecule has 2 aliphatic heterocycles. The van der Waals surface area contributed by atoms with Crippen LogP contribution in [0.3, 0.4) is 0 Å². The van der Waals surface area contributed by atoms with Crippen LogP contribution in [0.5, 0.6) is 0 Å². The summed E-state index contributed by atoms with van der Waals surface area (Å²) in [5.41, 5.74) is 9.08. The van der Waals surface area contributed by atoms with Crippen molar-refractivity contribution >= 4 is 11.7 Å². The second-order valence-corrected chi connectivity index (χ2v) is 10.9. The van der Waals surface area contributed by atoms with Crippen LogP contribution in [0.4, 0.5) is 5.82 Å². The molecule has 4 N–H and O–H groups in total. The van der Waals surface area contributed by atoms with Gasteiger partial charge in [-0.1, -0.05) is 24.3 Å². The maximum absolute atomic E-state index is 13.2. The van der Waals surface area contributed by atoms with Crippen LogP contribution in [0, 0.1) is 0 Å². The Morgan fingerprint density at radius 1 is 1.09 bits per heavy atom. The molecule has 1 atom stereocenters. The molecule has 3 aliphatic carbocycles. The SMILES string of the molecule is Nc1ncc(-c2ccc([C@H]3CCN(C4COC4)C3)cc2)cc1C(=O)NC12CCC(O)(CC1)CC2. The van der Waals surface area contributed by atoms with E-state index in [0.29, 0.717) is 17.5 Å². The third kappa shape index (κ3) is 4.00. The number of aromatic nitrogens is 1. The minimum Gasteiger partial charge on any atom is -0.390 e. The highest BCUT2D eigenvalue weighted by molar-refractivity contribution is 5.99. The molecule has 1 aromatic heterocycles. The van der Waals surface area contributed by atoms with Crippen LogP contribution in [0.2, 0.25) is 0 Å². The molecule has 2 saturated heterocycles. The molecule has 7 rings (SSSR count). The average Bonchev–Trinajstić information content (AvgIpc) is 3.29. The molecule has 180 valence electrons. The van der Waals surface area contributed by atoms with E-state index in [9.17, 15) is 9.90 Å². The van der Waals surface area contributed by atoms with Crippen LogP contribution in [-0.4, -0.2) is 64.4 Å². The number of pyridine rings is 1. The number of nitrogens with two attached hydrogens (primary N) is 1. The molecule has 0 radical (unpaired) electrons. The van der Waals surface area contributed by atoms with Crippen molar-refractivity contribution in [2.24, 2.45) is 0 Å². The first-order valence-corrected chi connectivity index (χ1v) is 12.6. The number of carbonyl (C=O) groups excluding carboxylic acids is 1. The van der Waals surface area contributed by atoms with Crippen molar-refractivity contribution in [1.82, 2.24) is 15.2 Å². The lowest BCUT2D eigenvalue weighted by Gasteiger charge is -2.51. The van der Waals surface area contributed by atoms with Crippen molar-refractivity contribution in [3.8, 4) is 11.1 Å². The number of carbonyl (C=O) groups is 1. The first-order chi connectivity index (χ1) is 16.4. The largest absolute Gasteiger partial charge is 0.390 e. The van der Waals surface area contributed by atoms with Gasteiger partial charge in [0.05, 0.1) is 30.4 Å². The highest BCUT2D eigenvalue weighted by Gasteiger charge is 2.48. The summed E-state index contributed by atoms with van der Waals surface area (Å²) in [4.78, 5) is 20.1. The van der Waals surface area contributed by atoms with E-state index >= 15 is 0 Å². The van der Waals surface area contributed by atoms with Gasteiger partial charge in [0.25, 0.3) is 5.91 Å². The Hall–Kier alpha value is -2.48. The van der Waals surface area contributed by atoms with Gasteiger partial charge < -0.3 is 20.9 Å². The average molecular weight is 463 g/mol. The molecule has 3 heterocycles. The van der Waals surface area contributed by atoms with E-state index in [2.05, 4.69) is 39.5 Å². The minimum atomic E-state index is -0.526. The van der Waals surface area contributed by atoms with Crippen molar-refractivity contribution < 1.29 is 14.6 Å². The Bertz CT molecular complexity index is 1060. The lowest BCUT2D eigenvalue weighted by molar-refractivity contribution is -0.0702. The number of anilines is 1. The van der Waals surface area contributed by atoms with Gasteiger partial charge in [-0.05, 0) is 74.6 Å². The number of rotatable bonds is 5. The first kappa shape index (κ1) is 22.0. The number of hydrogen-bond acceptors (Lipinski definition) is 6. The Morgan fingerprint density at radius 2 is 1.79 bits per heavy atom. The van der Waals surface area contributed by atoms with Crippen molar-refractivity contribution in [1.29, 1.82) is 0 Å². The number of nitrogen functional groups attached to an aromatic ring is 1. The van der Waals surface area contributed by atoms with Gasteiger partial charge in [-0.2, -0.15) is 0 Å². The number of amides is 1. The fourth-order valence-corrected chi connectivity index (χ4v) is 6.25. The molecule has 0 spiro atoms. The van der Waals surface area contributed by atoms with Gasteiger partial charge in [0, 0.05) is 23.8 Å². The van der Waals surface area contributed by atoms with E-state index < -0.39 is 5.60 Å². The van der Waals surface area contributed by atoms with Gasteiger partial charge in [-0.25, -0.2) is 4.98 Å². The summed E-state index contributed by atoms with van der Waals surface area (Å²) in [6.07, 6.45) is 7.63. The minimum absolute atomic E-state index is 0.165. The molecule has 1 aromatic carbocycles. The number of hydrogen-bond donors (Lipinski definition) is 3. The van der Waals surface area contributed by atoms with Crippen molar-refractivity contribution in [3.05, 3.63) is 47.7 Å². The van der Waals surface area contributed by atoms with Gasteiger partial charge in [-0.15, -0.1) is 0 Å². The number of fused-ring (bicyclic) bond motifs is 3. The molecule has 2 bridgehead atoms. The predicted octanol–water partition coefficient (Wildman–Crippen LogP) is 3.09. The molecule has 34 heavy (non-hydrogen) atoms. The van der Waals surface area contributed by atoms with E-state index in [4.69, 9.17) is 10.5 Å². The van der Waals surface area contributed by atoms with Crippen LogP contribution < -0.4 is 11.1 Å². The highest BCUT2D eigenvalue weighted by Crippen LogP contribution is 2.46. The van der Waals surface area contributed by atoms with Crippen LogP contribution in [0.1, 0.15) is 66.8 Å². The summed E-state index contributed by atoms with van der Waals surface area (Å²) in [6, 6.07) is 11.1. The zero-order valence-corrected chi connectivity index (χ0v) is 19.6. The summed E-state index contributed by atoms with van der Waals surface area (Å²) in [7, 11) is 0. The van der Waals surface area contributed by atoms with Crippen LogP contribution in [0.15, 0.2) is 36.5 Å². The summed E-state index contributed by atoms with van der Waals surface area (Å²) in [5, 5.41) is 13.7. The van der Waals surface area contributed by atoms with E-state index in [-0.39, 0.29) is 17.3 Å². The topological polar surface area (TPSA) is 101 Å². The summed E-state index contributed by atoms with van der Waals surface area (Å²) in [5.74, 6) is 0.647. The van der Waals surface area contributed by atoms with Crippen molar-refractivity contribution in [2.75, 3.05) is 32.0 Å². The van der Waals surface area contributed by atoms with Crippen molar-refractivity contribution in [2.45, 2.75) is 68.0 Å². The molecule has 7 nitrogen and oxygen atoms in total. The Labute approximate surface area is 200 Å². The number of nitrogens with zero attached hydrogens (tertiary/aromatic N) is 2. The Balaban J connectivity index is 1.16. The van der Waals surface area contributed by atoms with E-state index in [1.165, 1.54) is 12.0 Å². The predicted molar refractivity (Wildman–Crippen MR) is 130 cm³/mol. The van der Waals surface area contributed by atoms with Crippen molar-refractivity contribution in [3.63, 3.8) is 0 Å². The normalized spacial score (nSPS) is 31.4. The van der Waals surface area contributed by atoms with E-state index in [1.807, 2.05) is 6.07 Å². The summed E-state index contributed by atoms with van der Waals surface area (Å²) in [6.45, 7) is 3.98. The van der Waals surface area contributed by atoms with E-state index in [0.717, 1.165) is 76.0 Å². The standard InChI is InChI=1S/C27H34N4O3/c28-24-23(25(32)30-26-6-9-27(33,10-7-26)11-8-26)13-21(14-29-24)19-3-1-18(2-4-19)20-5-12-31(15-20)22-16-34-17-22/h1-4,13-14,20,22,33H,5-12,15-17H2,(H2,28,29)(H,30,32)/t20-,26?,27?/m0/s1. The number of ether oxygens (including phenoxy) is 1. The molecule has 0 unspecified atom stereocenters. The molecule has 1 amide bonds. The number of nitrogens with one attached hydrogen (secondary N) is 1. The fourth-order valence-electron chi connectivity index (χ4n) is 6.25. The number of likely N-dealkylation sites (tertiary alicyclic amines) is 1. The maximum atomic E-state index is 13.2. The fraction of sp³-hybridized carbons (Fsp3) is 0.556. The third-order valence-corrected chi connectivity index (χ3v) is 8.82. The molecule has 2 aromatic rings. The number of aliphatic hydroxyl groups is 1. The molecule has 7 heteroatoms. The zero-order chi connectivity index (χ0) is 23.3. The summed E-state index contributed by atoms with van der Waals surface area (Å²) < 4.78 is 5.35. The van der Waals surface area contributed by atoms with Gasteiger partial charge in [0.1, 0.15) is 5.82 Å². The quantitative estimate of drug-likeness (QED) is 0.631. The Kier molecular flexibility index (Phi) is 5.39. The molecular weight excluding hydrogens is 428 g/mol. The first-order valence-electron chi connectivity index (χ1n) is 12.6. The van der Waals surface area contributed by atoms with Crippen LogP contribution >= 0.6 is 0 Å². The highest BCUT2D eigenvalue weighted by atomic mass is 16.5. The van der Waals surface area contributed by atoms with Crippen LogP contribution in [-0.2, 0) is 4.74 Å². The summed E-state index contributed by atoms with van der Waals surface area (Å²) >= 11 is 0. The second kappa shape index (κ2) is 8.33. The molecule has 3 saturated carbocycles. The van der Waals surface area contributed by atoms with Gasteiger partial charge in [0.2, 0.25) is 0 Å². The lowest BCUT2D eigenvalue weighted by atomic mass is 9.63. The van der Waals surface area contributed by atoms with E-state index in [1.54, 1.807) is 6.20 Å². The van der Waals surface area contributed by atoms with Crippen LogP contribution in [0.25, 0.3) is 11.1 Å². The Morgan fingerprint density at radius 3 is 2.44 bits per heavy atom. The monoisotopic (exact) mass is 462 g/mol. The zero-order valence-electron chi connectivity index (χ0n) is 19.6. The second-order valence-electron chi connectivity index (χ2n) is 10.9. The molecule has 5 aliphatic rings.